The third kappa shape index (κ3) is 2.37. The Labute approximate surface area is 130 Å². The van der Waals surface area contributed by atoms with Gasteiger partial charge >= 0.3 is 0 Å². The summed E-state index contributed by atoms with van der Waals surface area (Å²) in [5.74, 6) is 0.571. The van der Waals surface area contributed by atoms with Gasteiger partial charge in [0, 0.05) is 5.56 Å². The molecule has 4 heteroatoms. The summed E-state index contributed by atoms with van der Waals surface area (Å²) in [5, 5.41) is 8.56. The smallest absolute Gasteiger partial charge is 0.155 e. The van der Waals surface area contributed by atoms with E-state index in [9.17, 15) is 0 Å². The van der Waals surface area contributed by atoms with E-state index >= 15 is 0 Å². The topological polar surface area (TPSA) is 56.7 Å². The van der Waals surface area contributed by atoms with Crippen molar-refractivity contribution in [1.29, 1.82) is 0 Å². The molecule has 1 heterocycles. The van der Waals surface area contributed by atoms with Crippen LogP contribution >= 0.6 is 0 Å². The SMILES string of the molecule is CCc1ccc(-c2nnn(-c3c(C)cccc3C)c2N)cc1. The third-order valence-corrected chi connectivity index (χ3v) is 3.99. The molecule has 0 bridgehead atoms. The molecule has 0 amide bonds. The van der Waals surface area contributed by atoms with Crippen LogP contribution in [0.4, 0.5) is 5.82 Å². The zero-order valence-corrected chi connectivity index (χ0v) is 13.2. The maximum Gasteiger partial charge on any atom is 0.155 e. The Hall–Kier alpha value is -2.62. The summed E-state index contributed by atoms with van der Waals surface area (Å²) in [6.45, 7) is 6.25. The van der Waals surface area contributed by atoms with Crippen molar-refractivity contribution in [1.82, 2.24) is 15.0 Å². The second-order valence-electron chi connectivity index (χ2n) is 5.53. The lowest BCUT2D eigenvalue weighted by atomic mass is 10.1. The number of para-hydroxylation sites is 1. The number of benzene rings is 2. The first-order valence-corrected chi connectivity index (χ1v) is 7.49. The monoisotopic (exact) mass is 292 g/mol. The van der Waals surface area contributed by atoms with Crippen LogP contribution in [0.2, 0.25) is 0 Å². The number of aromatic nitrogens is 3. The van der Waals surface area contributed by atoms with Gasteiger partial charge in [0.05, 0.1) is 5.69 Å². The molecule has 22 heavy (non-hydrogen) atoms. The van der Waals surface area contributed by atoms with Crippen molar-refractivity contribution in [2.24, 2.45) is 0 Å². The number of hydrogen-bond donors (Lipinski definition) is 1. The molecule has 0 atom stereocenters. The number of anilines is 1. The lowest BCUT2D eigenvalue weighted by Gasteiger charge is -2.10. The van der Waals surface area contributed by atoms with Gasteiger partial charge in [-0.1, -0.05) is 54.6 Å². The van der Waals surface area contributed by atoms with Crippen LogP contribution in [0.3, 0.4) is 0 Å². The average Bonchev–Trinajstić information content (AvgIpc) is 2.89. The quantitative estimate of drug-likeness (QED) is 0.801. The van der Waals surface area contributed by atoms with Gasteiger partial charge in [-0.25, -0.2) is 0 Å². The molecule has 3 rings (SSSR count). The van der Waals surface area contributed by atoms with E-state index in [0.29, 0.717) is 5.82 Å². The van der Waals surface area contributed by atoms with Gasteiger partial charge in [0.25, 0.3) is 0 Å². The highest BCUT2D eigenvalue weighted by Crippen LogP contribution is 2.28. The van der Waals surface area contributed by atoms with Crippen LogP contribution in [-0.2, 0) is 6.42 Å². The van der Waals surface area contributed by atoms with Gasteiger partial charge in [-0.05, 0) is 37.0 Å². The molecule has 2 N–H and O–H groups in total. The Bertz CT molecular complexity index is 780. The van der Waals surface area contributed by atoms with Gasteiger partial charge in [0.15, 0.2) is 5.82 Å². The van der Waals surface area contributed by atoms with Crippen LogP contribution in [0, 0.1) is 13.8 Å². The van der Waals surface area contributed by atoms with E-state index in [1.807, 2.05) is 18.2 Å². The van der Waals surface area contributed by atoms with E-state index in [1.165, 1.54) is 5.56 Å². The molecule has 4 nitrogen and oxygen atoms in total. The molecular formula is C18H20N4. The van der Waals surface area contributed by atoms with Crippen molar-refractivity contribution < 1.29 is 0 Å². The van der Waals surface area contributed by atoms with E-state index < -0.39 is 0 Å². The molecule has 0 saturated heterocycles. The molecule has 0 radical (unpaired) electrons. The van der Waals surface area contributed by atoms with E-state index in [4.69, 9.17) is 5.73 Å². The second kappa shape index (κ2) is 5.64. The minimum absolute atomic E-state index is 0.571. The summed E-state index contributed by atoms with van der Waals surface area (Å²) < 4.78 is 1.73. The van der Waals surface area contributed by atoms with Crippen molar-refractivity contribution in [2.75, 3.05) is 5.73 Å². The minimum Gasteiger partial charge on any atom is -0.382 e. The Balaban J connectivity index is 2.09. The molecular weight excluding hydrogens is 272 g/mol. The van der Waals surface area contributed by atoms with Crippen molar-refractivity contribution in [3.8, 4) is 16.9 Å². The lowest BCUT2D eigenvalue weighted by molar-refractivity contribution is 0.801. The second-order valence-corrected chi connectivity index (χ2v) is 5.53. The van der Waals surface area contributed by atoms with Gasteiger partial charge < -0.3 is 5.73 Å². The molecule has 2 aromatic carbocycles. The van der Waals surface area contributed by atoms with Gasteiger partial charge in [-0.15, -0.1) is 5.10 Å². The number of aryl methyl sites for hydroxylation is 3. The largest absolute Gasteiger partial charge is 0.382 e. The molecule has 3 aromatic rings. The van der Waals surface area contributed by atoms with Crippen LogP contribution in [0.15, 0.2) is 42.5 Å². The highest BCUT2D eigenvalue weighted by atomic mass is 15.5. The van der Waals surface area contributed by atoms with E-state index in [-0.39, 0.29) is 0 Å². The minimum atomic E-state index is 0.571. The number of nitrogens with zero attached hydrogens (tertiary/aromatic N) is 3. The highest BCUT2D eigenvalue weighted by Gasteiger charge is 2.15. The molecule has 0 aliphatic rings. The average molecular weight is 292 g/mol. The predicted molar refractivity (Wildman–Crippen MR) is 90.1 cm³/mol. The zero-order chi connectivity index (χ0) is 15.7. The summed E-state index contributed by atoms with van der Waals surface area (Å²) in [5.41, 5.74) is 12.6. The predicted octanol–water partition coefficient (Wildman–Crippen LogP) is 3.70. The molecule has 0 spiro atoms. The molecule has 0 aliphatic carbocycles. The first-order valence-electron chi connectivity index (χ1n) is 7.49. The van der Waals surface area contributed by atoms with Crippen LogP contribution in [0.5, 0.6) is 0 Å². The van der Waals surface area contributed by atoms with Gasteiger partial charge in [0.1, 0.15) is 5.69 Å². The summed E-state index contributed by atoms with van der Waals surface area (Å²) in [6, 6.07) is 14.5. The fourth-order valence-electron chi connectivity index (χ4n) is 2.70. The first kappa shape index (κ1) is 14.3. The lowest BCUT2D eigenvalue weighted by Crippen LogP contribution is -2.06. The summed E-state index contributed by atoms with van der Waals surface area (Å²) in [7, 11) is 0. The number of rotatable bonds is 3. The van der Waals surface area contributed by atoms with Gasteiger partial charge in [-0.3, -0.25) is 0 Å². The first-order chi connectivity index (χ1) is 10.6. The van der Waals surface area contributed by atoms with Gasteiger partial charge in [0.2, 0.25) is 0 Å². The highest BCUT2D eigenvalue weighted by molar-refractivity contribution is 5.71. The summed E-state index contributed by atoms with van der Waals surface area (Å²) >= 11 is 0. The number of nitrogens with two attached hydrogens (primary N) is 1. The van der Waals surface area contributed by atoms with Gasteiger partial charge in [-0.2, -0.15) is 4.68 Å². The normalized spacial score (nSPS) is 10.9. The Kier molecular flexibility index (Phi) is 3.67. The van der Waals surface area contributed by atoms with Crippen LogP contribution in [0.1, 0.15) is 23.6 Å². The van der Waals surface area contributed by atoms with Crippen molar-refractivity contribution in [3.63, 3.8) is 0 Å². The Morgan fingerprint density at radius 2 is 1.64 bits per heavy atom. The van der Waals surface area contributed by atoms with Crippen molar-refractivity contribution in [3.05, 3.63) is 59.2 Å². The molecule has 1 aromatic heterocycles. The van der Waals surface area contributed by atoms with Crippen LogP contribution in [0.25, 0.3) is 16.9 Å². The van der Waals surface area contributed by atoms with E-state index in [2.05, 4.69) is 55.3 Å². The Morgan fingerprint density at radius 3 is 2.23 bits per heavy atom. The number of nitrogen functional groups attached to an aromatic ring is 1. The maximum absolute atomic E-state index is 6.31. The third-order valence-electron chi connectivity index (χ3n) is 3.99. The van der Waals surface area contributed by atoms with E-state index in [1.54, 1.807) is 4.68 Å². The molecule has 0 unspecified atom stereocenters. The maximum atomic E-state index is 6.31. The van der Waals surface area contributed by atoms with E-state index in [0.717, 1.165) is 34.5 Å². The fraction of sp³-hybridized carbons (Fsp3) is 0.222. The molecule has 112 valence electrons. The zero-order valence-electron chi connectivity index (χ0n) is 13.2. The summed E-state index contributed by atoms with van der Waals surface area (Å²) in [4.78, 5) is 0. The Morgan fingerprint density at radius 1 is 1.00 bits per heavy atom. The van der Waals surface area contributed by atoms with Crippen molar-refractivity contribution >= 4 is 5.82 Å². The van der Waals surface area contributed by atoms with Crippen LogP contribution < -0.4 is 5.73 Å². The number of hydrogen-bond acceptors (Lipinski definition) is 3. The molecule has 0 fully saturated rings. The summed E-state index contributed by atoms with van der Waals surface area (Å²) in [6.07, 6.45) is 1.02. The van der Waals surface area contributed by atoms with Crippen LogP contribution in [-0.4, -0.2) is 15.0 Å². The standard InChI is InChI=1S/C18H20N4/c1-4-14-8-10-15(11-9-14)16-18(19)22(21-20-16)17-12(2)6-5-7-13(17)3/h5-11H,4,19H2,1-3H3. The van der Waals surface area contributed by atoms with Crippen molar-refractivity contribution in [2.45, 2.75) is 27.2 Å². The molecule has 0 aliphatic heterocycles. The molecule has 0 saturated carbocycles. The fourth-order valence-corrected chi connectivity index (χ4v) is 2.70.